The first kappa shape index (κ1) is 8.71. The standard InChI is InChI=1S/C9H7NO4/c1-13-14-5-2-3-7-6(4-5)8(11)9(12)10-7/h2-4H,1H3,(H,10,11,12). The predicted octanol–water partition coefficient (Wildman–Crippen LogP) is 0.762. The van der Waals surface area contributed by atoms with Gasteiger partial charge >= 0.3 is 0 Å². The Morgan fingerprint density at radius 1 is 1.29 bits per heavy atom. The Bertz CT molecular complexity index is 413. The number of benzene rings is 1. The summed E-state index contributed by atoms with van der Waals surface area (Å²) in [6.45, 7) is 0. The summed E-state index contributed by atoms with van der Waals surface area (Å²) in [6.07, 6.45) is 0. The number of amides is 1. The van der Waals surface area contributed by atoms with Gasteiger partial charge in [0.2, 0.25) is 0 Å². The van der Waals surface area contributed by atoms with E-state index in [0.29, 0.717) is 17.0 Å². The van der Waals surface area contributed by atoms with Crippen LogP contribution in [0.3, 0.4) is 0 Å². The zero-order chi connectivity index (χ0) is 10.1. The number of carbonyl (C=O) groups is 2. The van der Waals surface area contributed by atoms with Crippen LogP contribution in [0.15, 0.2) is 18.2 Å². The van der Waals surface area contributed by atoms with E-state index in [0.717, 1.165) is 0 Å². The lowest BCUT2D eigenvalue weighted by Crippen LogP contribution is -2.12. The number of Topliss-reactive ketones (excluding diaryl/α,β-unsaturated/α-hetero) is 1. The Kier molecular flexibility index (Phi) is 1.94. The lowest BCUT2D eigenvalue weighted by molar-refractivity contribution is -0.178. The second kappa shape index (κ2) is 3.12. The molecule has 14 heavy (non-hydrogen) atoms. The fourth-order valence-corrected chi connectivity index (χ4v) is 1.27. The van der Waals surface area contributed by atoms with Crippen LogP contribution in [0.5, 0.6) is 5.75 Å². The zero-order valence-corrected chi connectivity index (χ0v) is 7.37. The molecule has 0 fully saturated rings. The molecule has 72 valence electrons. The van der Waals surface area contributed by atoms with Crippen molar-refractivity contribution in [2.24, 2.45) is 0 Å². The highest BCUT2D eigenvalue weighted by Gasteiger charge is 2.28. The van der Waals surface area contributed by atoms with Crippen molar-refractivity contribution in [2.75, 3.05) is 12.4 Å². The van der Waals surface area contributed by atoms with Crippen molar-refractivity contribution in [1.29, 1.82) is 0 Å². The molecule has 0 bridgehead atoms. The van der Waals surface area contributed by atoms with E-state index in [1.807, 2.05) is 0 Å². The smallest absolute Gasteiger partial charge is 0.296 e. The Morgan fingerprint density at radius 2 is 2.07 bits per heavy atom. The summed E-state index contributed by atoms with van der Waals surface area (Å²) in [5.74, 6) is -0.785. The van der Waals surface area contributed by atoms with Crippen molar-refractivity contribution in [1.82, 2.24) is 0 Å². The summed E-state index contributed by atoms with van der Waals surface area (Å²) in [7, 11) is 1.36. The number of carbonyl (C=O) groups excluding carboxylic acids is 2. The molecule has 2 rings (SSSR count). The quantitative estimate of drug-likeness (QED) is 0.428. The van der Waals surface area contributed by atoms with E-state index in [1.165, 1.54) is 13.2 Å². The van der Waals surface area contributed by atoms with Crippen LogP contribution >= 0.6 is 0 Å². The maximum Gasteiger partial charge on any atom is 0.296 e. The third kappa shape index (κ3) is 1.23. The molecule has 0 unspecified atom stereocenters. The number of anilines is 1. The first-order valence-corrected chi connectivity index (χ1v) is 3.93. The van der Waals surface area contributed by atoms with Crippen LogP contribution in [0.4, 0.5) is 5.69 Å². The van der Waals surface area contributed by atoms with Crippen LogP contribution in [0.1, 0.15) is 10.4 Å². The average Bonchev–Trinajstić information content (AvgIpc) is 2.45. The molecule has 0 saturated carbocycles. The summed E-state index contributed by atoms with van der Waals surface area (Å²) < 4.78 is 0. The Hall–Kier alpha value is -1.88. The number of hydrogen-bond donors (Lipinski definition) is 1. The van der Waals surface area contributed by atoms with Gasteiger partial charge in [0.05, 0.1) is 18.4 Å². The molecule has 0 aliphatic carbocycles. The first-order valence-electron chi connectivity index (χ1n) is 3.93. The molecule has 1 aliphatic heterocycles. The molecule has 1 aliphatic rings. The molecule has 0 atom stereocenters. The predicted molar refractivity (Wildman–Crippen MR) is 47.0 cm³/mol. The third-order valence-corrected chi connectivity index (χ3v) is 1.87. The van der Waals surface area contributed by atoms with Crippen molar-refractivity contribution in [3.8, 4) is 5.75 Å². The van der Waals surface area contributed by atoms with E-state index in [-0.39, 0.29) is 0 Å². The van der Waals surface area contributed by atoms with Crippen molar-refractivity contribution in [2.45, 2.75) is 0 Å². The molecule has 1 aromatic carbocycles. The van der Waals surface area contributed by atoms with Crippen molar-refractivity contribution >= 4 is 17.4 Å². The summed E-state index contributed by atoms with van der Waals surface area (Å²) in [4.78, 5) is 31.4. The third-order valence-electron chi connectivity index (χ3n) is 1.87. The SMILES string of the molecule is COOc1ccc2c(c1)C(=O)C(=O)N2. The Balaban J connectivity index is 2.41. The molecule has 5 heteroatoms. The Labute approximate surface area is 79.5 Å². The fraction of sp³-hybridized carbons (Fsp3) is 0.111. The lowest BCUT2D eigenvalue weighted by Gasteiger charge is -2.01. The Morgan fingerprint density at radius 3 is 2.79 bits per heavy atom. The van der Waals surface area contributed by atoms with Gasteiger partial charge in [0, 0.05) is 0 Å². The fourth-order valence-electron chi connectivity index (χ4n) is 1.27. The highest BCUT2D eigenvalue weighted by molar-refractivity contribution is 6.51. The van der Waals surface area contributed by atoms with Crippen LogP contribution in [0, 0.1) is 0 Å². The molecular weight excluding hydrogens is 186 g/mol. The lowest BCUT2D eigenvalue weighted by atomic mass is 10.1. The molecule has 1 amide bonds. The molecule has 5 nitrogen and oxygen atoms in total. The van der Waals surface area contributed by atoms with Crippen molar-refractivity contribution < 1.29 is 19.4 Å². The van der Waals surface area contributed by atoms with E-state index < -0.39 is 11.7 Å². The van der Waals surface area contributed by atoms with E-state index >= 15 is 0 Å². The monoisotopic (exact) mass is 193 g/mol. The molecule has 1 N–H and O–H groups in total. The van der Waals surface area contributed by atoms with E-state index in [2.05, 4.69) is 10.2 Å². The van der Waals surface area contributed by atoms with Gasteiger partial charge in [0.1, 0.15) is 0 Å². The van der Waals surface area contributed by atoms with Gasteiger partial charge in [-0.1, -0.05) is 0 Å². The van der Waals surface area contributed by atoms with Crippen molar-refractivity contribution in [3.63, 3.8) is 0 Å². The minimum atomic E-state index is -0.616. The second-order valence-corrected chi connectivity index (χ2v) is 2.74. The molecule has 1 aromatic rings. The summed E-state index contributed by atoms with van der Waals surface area (Å²) in [5.41, 5.74) is 0.813. The van der Waals surface area contributed by atoms with Gasteiger partial charge in [0.15, 0.2) is 5.75 Å². The van der Waals surface area contributed by atoms with Crippen LogP contribution in [0.2, 0.25) is 0 Å². The van der Waals surface area contributed by atoms with Gasteiger partial charge in [-0.05, 0) is 18.2 Å². The second-order valence-electron chi connectivity index (χ2n) is 2.74. The molecule has 0 radical (unpaired) electrons. The van der Waals surface area contributed by atoms with Gasteiger partial charge < -0.3 is 10.2 Å². The van der Waals surface area contributed by atoms with Crippen LogP contribution < -0.4 is 10.2 Å². The van der Waals surface area contributed by atoms with Crippen molar-refractivity contribution in [3.05, 3.63) is 23.8 Å². The summed E-state index contributed by atoms with van der Waals surface area (Å²) in [5, 5.41) is 2.43. The summed E-state index contributed by atoms with van der Waals surface area (Å²) in [6, 6.07) is 4.65. The van der Waals surface area contributed by atoms with E-state index in [9.17, 15) is 9.59 Å². The maximum absolute atomic E-state index is 11.2. The number of rotatable bonds is 2. The van der Waals surface area contributed by atoms with E-state index in [1.54, 1.807) is 12.1 Å². The molecular formula is C9H7NO4. The zero-order valence-electron chi connectivity index (χ0n) is 7.37. The largest absolute Gasteiger partial charge is 0.338 e. The molecule has 0 saturated heterocycles. The van der Waals surface area contributed by atoms with Crippen LogP contribution in [-0.4, -0.2) is 18.8 Å². The number of nitrogens with one attached hydrogen (secondary N) is 1. The minimum Gasteiger partial charge on any atom is -0.338 e. The summed E-state index contributed by atoms with van der Waals surface area (Å²) >= 11 is 0. The van der Waals surface area contributed by atoms with Gasteiger partial charge in [-0.3, -0.25) is 9.59 Å². The van der Waals surface area contributed by atoms with Gasteiger partial charge in [-0.25, -0.2) is 0 Å². The highest BCUT2D eigenvalue weighted by Crippen LogP contribution is 2.27. The average molecular weight is 193 g/mol. The number of ketones is 1. The topological polar surface area (TPSA) is 64.6 Å². The molecule has 0 spiro atoms. The van der Waals surface area contributed by atoms with Gasteiger partial charge in [0.25, 0.3) is 11.7 Å². The number of fused-ring (bicyclic) bond motifs is 1. The highest BCUT2D eigenvalue weighted by atomic mass is 17.2. The van der Waals surface area contributed by atoms with Crippen LogP contribution in [0.25, 0.3) is 0 Å². The van der Waals surface area contributed by atoms with Crippen LogP contribution in [-0.2, 0) is 9.68 Å². The maximum atomic E-state index is 11.2. The van der Waals surface area contributed by atoms with E-state index in [4.69, 9.17) is 4.89 Å². The van der Waals surface area contributed by atoms with Gasteiger partial charge in [-0.2, -0.15) is 4.89 Å². The normalized spacial score (nSPS) is 13.8. The molecule has 0 aromatic heterocycles. The first-order chi connectivity index (χ1) is 6.72. The van der Waals surface area contributed by atoms with Gasteiger partial charge in [-0.15, -0.1) is 0 Å². The molecule has 1 heterocycles. The number of hydrogen-bond acceptors (Lipinski definition) is 4. The minimum absolute atomic E-state index is 0.310.